The Labute approximate surface area is 189 Å². The van der Waals surface area contributed by atoms with E-state index < -0.39 is 0 Å². The lowest BCUT2D eigenvalue weighted by molar-refractivity contribution is 0.0963. The molecule has 170 valence electrons. The number of fused-ring (bicyclic) bond motifs is 1. The minimum absolute atomic E-state index is 0.166. The third kappa shape index (κ3) is 4.09. The maximum Gasteiger partial charge on any atom is 0.251 e. The van der Waals surface area contributed by atoms with E-state index in [2.05, 4.69) is 38.9 Å². The summed E-state index contributed by atoms with van der Waals surface area (Å²) < 4.78 is 5.51. The highest BCUT2D eigenvalue weighted by Crippen LogP contribution is 2.40. The minimum Gasteiger partial charge on any atom is -0.495 e. The Morgan fingerprint density at radius 2 is 2.03 bits per heavy atom. The number of hydrogen-bond acceptors (Lipinski definition) is 7. The van der Waals surface area contributed by atoms with Gasteiger partial charge in [-0.25, -0.2) is 4.98 Å². The van der Waals surface area contributed by atoms with E-state index in [0.29, 0.717) is 35.0 Å². The van der Waals surface area contributed by atoms with Crippen molar-refractivity contribution < 1.29 is 9.53 Å². The Morgan fingerprint density at radius 3 is 2.72 bits per heavy atom. The van der Waals surface area contributed by atoms with Crippen LogP contribution in [0.25, 0.3) is 0 Å². The summed E-state index contributed by atoms with van der Waals surface area (Å²) >= 11 is 0. The van der Waals surface area contributed by atoms with Crippen LogP contribution in [0.2, 0.25) is 0 Å². The largest absolute Gasteiger partial charge is 0.495 e. The summed E-state index contributed by atoms with van der Waals surface area (Å²) in [6, 6.07) is 6.04. The van der Waals surface area contributed by atoms with E-state index in [0.717, 1.165) is 23.6 Å². The van der Waals surface area contributed by atoms with Gasteiger partial charge in [-0.2, -0.15) is 4.98 Å². The molecule has 2 aliphatic rings. The van der Waals surface area contributed by atoms with Crippen LogP contribution in [-0.2, 0) is 0 Å². The number of nitrogens with one attached hydrogen (secondary N) is 2. The molecule has 1 aliphatic heterocycles. The molecule has 8 heteroatoms. The molecule has 1 fully saturated rings. The molecule has 1 saturated carbocycles. The summed E-state index contributed by atoms with van der Waals surface area (Å²) in [7, 11) is 5.21. The number of anilines is 4. The topological polar surface area (TPSA) is 82.6 Å². The number of ether oxygens (including phenoxy) is 1. The lowest BCUT2D eigenvalue weighted by atomic mass is 10.1. The fraction of sp³-hybridized carbons (Fsp3) is 0.458. The van der Waals surface area contributed by atoms with Crippen molar-refractivity contribution in [3.05, 3.63) is 42.2 Å². The maximum atomic E-state index is 12.0. The zero-order chi connectivity index (χ0) is 22.8. The number of hydrogen-bond donors (Lipinski definition) is 2. The Hall–Kier alpha value is -3.29. The predicted octanol–water partition coefficient (Wildman–Crippen LogP) is 4.08. The number of amides is 1. The number of rotatable bonds is 5. The van der Waals surface area contributed by atoms with Gasteiger partial charge in [-0.15, -0.1) is 0 Å². The molecule has 32 heavy (non-hydrogen) atoms. The van der Waals surface area contributed by atoms with Crippen LogP contribution in [0.4, 0.5) is 23.1 Å². The van der Waals surface area contributed by atoms with E-state index in [1.165, 1.54) is 25.7 Å². The third-order valence-corrected chi connectivity index (χ3v) is 6.49. The predicted molar refractivity (Wildman–Crippen MR) is 128 cm³/mol. The summed E-state index contributed by atoms with van der Waals surface area (Å²) in [6.07, 6.45) is 7.63. The van der Waals surface area contributed by atoms with Crippen molar-refractivity contribution in [2.75, 3.05) is 36.3 Å². The number of carbonyl (C=O) groups excluding carboxylic acids is 1. The van der Waals surface area contributed by atoms with E-state index in [-0.39, 0.29) is 5.91 Å². The van der Waals surface area contributed by atoms with Crippen LogP contribution in [0.1, 0.15) is 49.4 Å². The number of methoxy groups -OCH3 is 1. The zero-order valence-corrected chi connectivity index (χ0v) is 19.3. The van der Waals surface area contributed by atoms with Gasteiger partial charge in [0.05, 0.1) is 19.0 Å². The second kappa shape index (κ2) is 9.06. The highest BCUT2D eigenvalue weighted by molar-refractivity contribution is 5.95. The maximum absolute atomic E-state index is 12.0. The van der Waals surface area contributed by atoms with Crippen LogP contribution in [0, 0.1) is 0 Å². The molecule has 0 unspecified atom stereocenters. The van der Waals surface area contributed by atoms with Gasteiger partial charge in [-0.05, 0) is 38.0 Å². The van der Waals surface area contributed by atoms with Crippen molar-refractivity contribution >= 4 is 29.0 Å². The number of nitrogens with zero attached hydrogens (tertiary/aromatic N) is 4. The van der Waals surface area contributed by atoms with Crippen molar-refractivity contribution in [3.63, 3.8) is 0 Å². The van der Waals surface area contributed by atoms with Crippen molar-refractivity contribution in [1.29, 1.82) is 0 Å². The van der Waals surface area contributed by atoms with Crippen molar-refractivity contribution in [2.24, 2.45) is 0 Å². The number of benzene rings is 1. The average molecular weight is 437 g/mol. The Morgan fingerprint density at radius 1 is 1.28 bits per heavy atom. The molecular formula is C24H32N6O2. The van der Waals surface area contributed by atoms with E-state index in [1.807, 2.05) is 19.3 Å². The smallest absolute Gasteiger partial charge is 0.251 e. The van der Waals surface area contributed by atoms with Gasteiger partial charge in [0, 0.05) is 43.9 Å². The van der Waals surface area contributed by atoms with Crippen LogP contribution < -0.4 is 25.2 Å². The summed E-state index contributed by atoms with van der Waals surface area (Å²) in [5.74, 6) is 1.81. The molecular weight excluding hydrogens is 404 g/mol. The molecule has 2 N–H and O–H groups in total. The summed E-state index contributed by atoms with van der Waals surface area (Å²) in [4.78, 5) is 26.1. The van der Waals surface area contributed by atoms with Crippen LogP contribution in [0.3, 0.4) is 0 Å². The molecule has 1 atom stereocenters. The monoisotopic (exact) mass is 436 g/mol. The first-order chi connectivity index (χ1) is 15.4. The van der Waals surface area contributed by atoms with Gasteiger partial charge in [-0.3, -0.25) is 4.79 Å². The van der Waals surface area contributed by atoms with E-state index >= 15 is 0 Å². The molecule has 0 saturated heterocycles. The molecule has 1 amide bonds. The van der Waals surface area contributed by atoms with E-state index in [4.69, 9.17) is 9.72 Å². The Kier molecular flexibility index (Phi) is 6.21. The average Bonchev–Trinajstić information content (AvgIpc) is 3.30. The number of aromatic nitrogens is 2. The third-order valence-electron chi connectivity index (χ3n) is 6.49. The van der Waals surface area contributed by atoms with E-state index in [1.54, 1.807) is 26.3 Å². The molecule has 2 aromatic rings. The summed E-state index contributed by atoms with van der Waals surface area (Å²) in [5, 5.41) is 5.91. The molecule has 0 spiro atoms. The standard InChI is InChI=1S/C24H32N6O2/c1-15-12-16(2)30(18-8-6-7-9-18)22-20(29(15)4)14-26-24(28-22)27-19-11-10-17(23(31)25-3)13-21(19)32-5/h10-11,13-14,16,18H,1,6-9,12H2,2-5H3,(H,25,31)(H,26,27,28)/t16-/m1/s1. The minimum atomic E-state index is -0.166. The van der Waals surface area contributed by atoms with Gasteiger partial charge in [0.1, 0.15) is 11.4 Å². The van der Waals surface area contributed by atoms with Gasteiger partial charge < -0.3 is 25.2 Å². The van der Waals surface area contributed by atoms with Crippen LogP contribution in [0.5, 0.6) is 5.75 Å². The first kappa shape index (κ1) is 21.9. The van der Waals surface area contributed by atoms with Gasteiger partial charge in [-0.1, -0.05) is 19.4 Å². The summed E-state index contributed by atoms with van der Waals surface area (Å²) in [6.45, 7) is 6.54. The highest BCUT2D eigenvalue weighted by atomic mass is 16.5. The summed E-state index contributed by atoms with van der Waals surface area (Å²) in [5.41, 5.74) is 3.26. The van der Waals surface area contributed by atoms with Crippen LogP contribution in [-0.4, -0.2) is 49.2 Å². The molecule has 0 radical (unpaired) electrons. The molecule has 1 aromatic carbocycles. The molecule has 4 rings (SSSR count). The zero-order valence-electron chi connectivity index (χ0n) is 19.3. The fourth-order valence-electron chi connectivity index (χ4n) is 4.72. The second-order valence-electron chi connectivity index (χ2n) is 8.55. The van der Waals surface area contributed by atoms with Crippen molar-refractivity contribution in [3.8, 4) is 5.75 Å². The molecule has 8 nitrogen and oxygen atoms in total. The van der Waals surface area contributed by atoms with Crippen molar-refractivity contribution in [1.82, 2.24) is 15.3 Å². The lowest BCUT2D eigenvalue weighted by Gasteiger charge is -2.35. The second-order valence-corrected chi connectivity index (χ2v) is 8.55. The highest BCUT2D eigenvalue weighted by Gasteiger charge is 2.34. The lowest BCUT2D eigenvalue weighted by Crippen LogP contribution is -2.40. The Balaban J connectivity index is 1.71. The van der Waals surface area contributed by atoms with Gasteiger partial charge in [0.25, 0.3) is 5.91 Å². The van der Waals surface area contributed by atoms with Gasteiger partial charge in [0.15, 0.2) is 5.82 Å². The van der Waals surface area contributed by atoms with E-state index in [9.17, 15) is 4.79 Å². The first-order valence-corrected chi connectivity index (χ1v) is 11.2. The Bertz CT molecular complexity index is 1020. The molecule has 2 heterocycles. The van der Waals surface area contributed by atoms with Crippen LogP contribution >= 0.6 is 0 Å². The molecule has 0 bridgehead atoms. The SMILES string of the molecule is C=C1C[C@@H](C)N(C2CCCC2)c2nc(Nc3ccc(C(=O)NC)cc3OC)ncc2N1C. The van der Waals surface area contributed by atoms with Crippen molar-refractivity contribution in [2.45, 2.75) is 51.1 Å². The van der Waals surface area contributed by atoms with Gasteiger partial charge in [0.2, 0.25) is 5.95 Å². The quantitative estimate of drug-likeness (QED) is 0.731. The van der Waals surface area contributed by atoms with Gasteiger partial charge >= 0.3 is 0 Å². The normalized spacial score (nSPS) is 18.9. The molecule has 1 aliphatic carbocycles. The number of carbonyl (C=O) groups is 1. The van der Waals surface area contributed by atoms with Crippen LogP contribution in [0.15, 0.2) is 36.7 Å². The first-order valence-electron chi connectivity index (χ1n) is 11.2. The molecule has 1 aromatic heterocycles. The fourth-order valence-corrected chi connectivity index (χ4v) is 4.72.